The van der Waals surface area contributed by atoms with Crippen LogP contribution in [0.25, 0.3) is 0 Å². The molecule has 13 heavy (non-hydrogen) atoms. The van der Waals surface area contributed by atoms with Gasteiger partial charge in [-0.25, -0.2) is 14.8 Å². The summed E-state index contributed by atoms with van der Waals surface area (Å²) in [6.45, 7) is 2.59. The van der Waals surface area contributed by atoms with E-state index in [1.807, 2.05) is 0 Å². The van der Waals surface area contributed by atoms with Crippen molar-refractivity contribution >= 4 is 6.09 Å². The van der Waals surface area contributed by atoms with Crippen LogP contribution in [0.5, 0.6) is 0 Å². The number of carboxylic acid groups (broad SMARTS) is 1. The maximum Gasteiger partial charge on any atom is 0.407 e. The van der Waals surface area contributed by atoms with Crippen LogP contribution in [0.4, 0.5) is 4.79 Å². The van der Waals surface area contributed by atoms with E-state index in [4.69, 9.17) is 5.11 Å². The first-order valence-electron chi connectivity index (χ1n) is 3.96. The highest BCUT2D eigenvalue weighted by molar-refractivity contribution is 5.66. The molecule has 0 unspecified atom stereocenters. The molecular formula is C8H9N3O2. The molecule has 0 aromatic carbocycles. The van der Waals surface area contributed by atoms with Crippen molar-refractivity contribution in [1.82, 2.24) is 14.9 Å². The molecule has 5 heteroatoms. The predicted octanol–water partition coefficient (Wildman–Crippen LogP) is 0.779. The number of hydrogen-bond acceptors (Lipinski definition) is 3. The highest BCUT2D eigenvalue weighted by Crippen LogP contribution is 2.19. The molecule has 2 heterocycles. The molecule has 0 bridgehead atoms. The van der Waals surface area contributed by atoms with Crippen molar-refractivity contribution in [2.45, 2.75) is 20.0 Å². The average Bonchev–Trinajstić information content (AvgIpc) is 2.46. The van der Waals surface area contributed by atoms with Gasteiger partial charge < -0.3 is 5.11 Å². The van der Waals surface area contributed by atoms with E-state index in [1.54, 1.807) is 13.1 Å². The van der Waals surface area contributed by atoms with E-state index in [2.05, 4.69) is 9.97 Å². The molecule has 1 aliphatic rings. The molecule has 68 valence electrons. The van der Waals surface area contributed by atoms with Gasteiger partial charge in [-0.1, -0.05) is 0 Å². The lowest BCUT2D eigenvalue weighted by Gasteiger charge is -2.07. The first-order chi connectivity index (χ1) is 6.16. The number of nitrogens with zero attached hydrogens (tertiary/aromatic N) is 3. The lowest BCUT2D eigenvalue weighted by atomic mass is 10.3. The van der Waals surface area contributed by atoms with Gasteiger partial charge >= 0.3 is 6.09 Å². The smallest absolute Gasteiger partial charge is 0.407 e. The van der Waals surface area contributed by atoms with E-state index >= 15 is 0 Å². The van der Waals surface area contributed by atoms with Crippen LogP contribution in [0, 0.1) is 6.92 Å². The first-order valence-corrected chi connectivity index (χ1v) is 3.96. The maximum atomic E-state index is 10.6. The Bertz CT molecular complexity index is 364. The molecule has 0 aliphatic carbocycles. The fourth-order valence-corrected chi connectivity index (χ4v) is 1.39. The summed E-state index contributed by atoms with van der Waals surface area (Å²) >= 11 is 0. The van der Waals surface area contributed by atoms with Gasteiger partial charge in [-0.15, -0.1) is 0 Å². The SMILES string of the molecule is Cc1ncc2c(n1)CN(C(=O)O)C2. The number of hydrogen-bond donors (Lipinski definition) is 1. The zero-order chi connectivity index (χ0) is 9.42. The van der Waals surface area contributed by atoms with Crippen molar-refractivity contribution in [3.63, 3.8) is 0 Å². The lowest BCUT2D eigenvalue weighted by Crippen LogP contribution is -2.22. The molecule has 1 N–H and O–H groups in total. The molecule has 1 aliphatic heterocycles. The largest absolute Gasteiger partial charge is 0.465 e. The van der Waals surface area contributed by atoms with Crippen LogP contribution in [0.1, 0.15) is 17.1 Å². The fraction of sp³-hybridized carbons (Fsp3) is 0.375. The molecule has 1 aromatic heterocycles. The maximum absolute atomic E-state index is 10.6. The molecule has 1 aromatic rings. The van der Waals surface area contributed by atoms with Crippen molar-refractivity contribution in [1.29, 1.82) is 0 Å². The van der Waals surface area contributed by atoms with Crippen molar-refractivity contribution in [2.24, 2.45) is 0 Å². The van der Waals surface area contributed by atoms with E-state index < -0.39 is 6.09 Å². The van der Waals surface area contributed by atoms with Gasteiger partial charge in [0.15, 0.2) is 0 Å². The second-order valence-electron chi connectivity index (χ2n) is 3.03. The van der Waals surface area contributed by atoms with Crippen LogP contribution in [0.2, 0.25) is 0 Å². The normalized spacial score (nSPS) is 14.4. The highest BCUT2D eigenvalue weighted by Gasteiger charge is 2.23. The number of rotatable bonds is 0. The van der Waals surface area contributed by atoms with Gasteiger partial charge in [-0.3, -0.25) is 4.90 Å². The minimum Gasteiger partial charge on any atom is -0.465 e. The summed E-state index contributed by atoms with van der Waals surface area (Å²) in [5.41, 5.74) is 1.74. The summed E-state index contributed by atoms with van der Waals surface area (Å²) in [4.78, 5) is 20.1. The fourth-order valence-electron chi connectivity index (χ4n) is 1.39. The molecule has 1 amide bonds. The van der Waals surface area contributed by atoms with Crippen molar-refractivity contribution in [3.8, 4) is 0 Å². The quantitative estimate of drug-likeness (QED) is 0.639. The first kappa shape index (κ1) is 7.97. The molecule has 0 radical (unpaired) electrons. The van der Waals surface area contributed by atoms with Crippen LogP contribution < -0.4 is 0 Å². The lowest BCUT2D eigenvalue weighted by molar-refractivity contribution is 0.145. The third-order valence-electron chi connectivity index (χ3n) is 2.05. The van der Waals surface area contributed by atoms with Crippen molar-refractivity contribution in [2.75, 3.05) is 0 Å². The Labute approximate surface area is 75.0 Å². The summed E-state index contributed by atoms with van der Waals surface area (Å²) in [6.07, 6.45) is 0.788. The minimum absolute atomic E-state index is 0.383. The number of fused-ring (bicyclic) bond motifs is 1. The number of amides is 1. The second-order valence-corrected chi connectivity index (χ2v) is 3.03. The highest BCUT2D eigenvalue weighted by atomic mass is 16.4. The van der Waals surface area contributed by atoms with E-state index in [0.717, 1.165) is 11.3 Å². The Kier molecular flexibility index (Phi) is 1.65. The zero-order valence-electron chi connectivity index (χ0n) is 7.19. The topological polar surface area (TPSA) is 66.3 Å². The Morgan fingerprint density at radius 3 is 3.08 bits per heavy atom. The monoisotopic (exact) mass is 179 g/mol. The Morgan fingerprint density at radius 2 is 2.38 bits per heavy atom. The number of aromatic nitrogens is 2. The van der Waals surface area contributed by atoms with E-state index in [9.17, 15) is 4.79 Å². The van der Waals surface area contributed by atoms with E-state index in [-0.39, 0.29) is 0 Å². The summed E-state index contributed by atoms with van der Waals surface area (Å²) in [5, 5.41) is 8.73. The zero-order valence-corrected chi connectivity index (χ0v) is 7.19. The van der Waals surface area contributed by atoms with Gasteiger partial charge in [0, 0.05) is 11.8 Å². The van der Waals surface area contributed by atoms with Gasteiger partial charge in [0.2, 0.25) is 0 Å². The summed E-state index contributed by atoms with van der Waals surface area (Å²) in [6, 6.07) is 0. The molecule has 0 spiro atoms. The van der Waals surface area contributed by atoms with Crippen LogP contribution in [-0.2, 0) is 13.1 Å². The molecule has 0 atom stereocenters. The summed E-state index contributed by atoms with van der Waals surface area (Å²) in [5.74, 6) is 0.686. The van der Waals surface area contributed by atoms with Crippen molar-refractivity contribution < 1.29 is 9.90 Å². The molecule has 0 saturated heterocycles. The Balaban J connectivity index is 2.30. The van der Waals surface area contributed by atoms with Crippen LogP contribution >= 0.6 is 0 Å². The van der Waals surface area contributed by atoms with E-state index in [0.29, 0.717) is 18.9 Å². The molecule has 0 saturated carbocycles. The third kappa shape index (κ3) is 1.32. The second kappa shape index (κ2) is 2.69. The van der Waals surface area contributed by atoms with Gasteiger partial charge in [0.25, 0.3) is 0 Å². The van der Waals surface area contributed by atoms with Crippen LogP contribution in [0.15, 0.2) is 6.20 Å². The molecule has 0 fully saturated rings. The van der Waals surface area contributed by atoms with E-state index in [1.165, 1.54) is 4.90 Å². The molecule has 5 nitrogen and oxygen atoms in total. The Hall–Kier alpha value is -1.65. The van der Waals surface area contributed by atoms with Gasteiger partial charge in [0.1, 0.15) is 5.82 Å². The predicted molar refractivity (Wildman–Crippen MR) is 44.0 cm³/mol. The number of aryl methyl sites for hydroxylation is 1. The van der Waals surface area contributed by atoms with Crippen LogP contribution in [0.3, 0.4) is 0 Å². The standard InChI is InChI=1S/C8H9N3O2/c1-5-9-2-6-3-11(8(12)13)4-7(6)10-5/h2H,3-4H2,1H3,(H,12,13). The minimum atomic E-state index is -0.907. The average molecular weight is 179 g/mol. The van der Waals surface area contributed by atoms with Crippen molar-refractivity contribution in [3.05, 3.63) is 23.3 Å². The van der Waals surface area contributed by atoms with Crippen LogP contribution in [-0.4, -0.2) is 26.1 Å². The molecule has 2 rings (SSSR count). The summed E-state index contributed by atoms with van der Waals surface area (Å²) in [7, 11) is 0. The van der Waals surface area contributed by atoms with Gasteiger partial charge in [-0.05, 0) is 6.92 Å². The Morgan fingerprint density at radius 1 is 1.62 bits per heavy atom. The molecular weight excluding hydrogens is 170 g/mol. The number of carbonyl (C=O) groups is 1. The van der Waals surface area contributed by atoms with Gasteiger partial charge in [0.05, 0.1) is 18.8 Å². The third-order valence-corrected chi connectivity index (χ3v) is 2.05. The van der Waals surface area contributed by atoms with Gasteiger partial charge in [-0.2, -0.15) is 0 Å². The summed E-state index contributed by atoms with van der Waals surface area (Å²) < 4.78 is 0.